The van der Waals surface area contributed by atoms with E-state index in [4.69, 9.17) is 14.5 Å². The Morgan fingerprint density at radius 2 is 1.84 bits per heavy atom. The van der Waals surface area contributed by atoms with Crippen LogP contribution in [0.4, 0.5) is 5.82 Å². The second-order valence-electron chi connectivity index (χ2n) is 8.47. The number of methoxy groups -OCH3 is 2. The number of carbonyl (C=O) groups is 1. The molecule has 0 unspecified atom stereocenters. The van der Waals surface area contributed by atoms with Gasteiger partial charge in [-0.05, 0) is 50.2 Å². The van der Waals surface area contributed by atoms with Crippen LogP contribution in [0.25, 0.3) is 11.3 Å². The summed E-state index contributed by atoms with van der Waals surface area (Å²) in [4.78, 5) is 24.6. The molecule has 0 aliphatic carbocycles. The lowest BCUT2D eigenvalue weighted by atomic mass is 10.0. The molecule has 1 N–H and O–H groups in total. The third kappa shape index (κ3) is 4.66. The molecule has 4 rings (SSSR count). The zero-order valence-electron chi connectivity index (χ0n) is 19.1. The summed E-state index contributed by atoms with van der Waals surface area (Å²) in [7, 11) is 5.36. The van der Waals surface area contributed by atoms with E-state index in [2.05, 4.69) is 16.8 Å². The number of aliphatic hydroxyl groups is 1. The molecule has 0 saturated carbocycles. The van der Waals surface area contributed by atoms with Crippen LogP contribution in [0.3, 0.4) is 0 Å². The Morgan fingerprint density at radius 3 is 2.53 bits per heavy atom. The van der Waals surface area contributed by atoms with Crippen LogP contribution in [-0.4, -0.2) is 92.4 Å². The summed E-state index contributed by atoms with van der Waals surface area (Å²) < 4.78 is 11.0. The predicted molar refractivity (Wildman–Crippen MR) is 124 cm³/mol. The molecule has 172 valence electrons. The number of anilines is 1. The van der Waals surface area contributed by atoms with E-state index in [9.17, 15) is 9.90 Å². The van der Waals surface area contributed by atoms with E-state index in [0.717, 1.165) is 50.3 Å². The van der Waals surface area contributed by atoms with Gasteiger partial charge in [-0.25, -0.2) is 4.98 Å². The van der Waals surface area contributed by atoms with Crippen molar-refractivity contribution in [3.05, 3.63) is 35.9 Å². The van der Waals surface area contributed by atoms with Crippen LogP contribution in [0.15, 0.2) is 30.3 Å². The van der Waals surface area contributed by atoms with Gasteiger partial charge < -0.3 is 29.3 Å². The van der Waals surface area contributed by atoms with Crippen molar-refractivity contribution in [1.29, 1.82) is 0 Å². The van der Waals surface area contributed by atoms with Crippen molar-refractivity contribution >= 4 is 11.7 Å². The number of benzene rings is 1. The fraction of sp³-hybridized carbons (Fsp3) is 0.500. The number of pyridine rings is 1. The predicted octanol–water partition coefficient (Wildman–Crippen LogP) is 2.11. The highest BCUT2D eigenvalue weighted by atomic mass is 16.5. The summed E-state index contributed by atoms with van der Waals surface area (Å²) >= 11 is 0. The summed E-state index contributed by atoms with van der Waals surface area (Å²) in [6, 6.07) is 9.34. The van der Waals surface area contributed by atoms with Crippen LogP contribution in [0.2, 0.25) is 0 Å². The van der Waals surface area contributed by atoms with Crippen molar-refractivity contribution in [2.45, 2.75) is 18.9 Å². The van der Waals surface area contributed by atoms with Gasteiger partial charge in [0.15, 0.2) is 0 Å². The van der Waals surface area contributed by atoms with Crippen molar-refractivity contribution in [2.24, 2.45) is 0 Å². The molecule has 8 nitrogen and oxygen atoms in total. The standard InChI is InChI=1S/C24H32N4O4/c1-26-11-13-27(14-12-26)23-19(24(30)28-10-4-5-17(29)16-28)7-8-21(25-23)20-15-18(31-2)6-9-22(20)32-3/h6-9,15,17,29H,4-5,10-14,16H2,1-3H3/t17-/m0/s1. The Hall–Kier alpha value is -2.84. The quantitative estimate of drug-likeness (QED) is 0.763. The molecule has 1 amide bonds. The number of β-amino-alcohol motifs (C(OH)–C–C–N with tert-alkyl or cyclic N) is 1. The third-order valence-corrected chi connectivity index (χ3v) is 6.27. The zero-order chi connectivity index (χ0) is 22.7. The molecule has 2 saturated heterocycles. The normalized spacial score (nSPS) is 19.7. The molecular formula is C24H32N4O4. The van der Waals surface area contributed by atoms with Gasteiger partial charge in [0.2, 0.25) is 0 Å². The highest BCUT2D eigenvalue weighted by Crippen LogP contribution is 2.34. The van der Waals surface area contributed by atoms with Gasteiger partial charge in [-0.1, -0.05) is 0 Å². The average molecular weight is 441 g/mol. The number of piperazine rings is 1. The molecule has 3 heterocycles. The summed E-state index contributed by atoms with van der Waals surface area (Å²) in [6.07, 6.45) is 1.08. The van der Waals surface area contributed by atoms with E-state index in [1.165, 1.54) is 0 Å². The Morgan fingerprint density at radius 1 is 1.06 bits per heavy atom. The fourth-order valence-electron chi connectivity index (χ4n) is 4.35. The van der Waals surface area contributed by atoms with Gasteiger partial charge in [0.05, 0.1) is 31.6 Å². The molecule has 2 fully saturated rings. The highest BCUT2D eigenvalue weighted by molar-refractivity contribution is 5.99. The first-order valence-corrected chi connectivity index (χ1v) is 11.1. The topological polar surface area (TPSA) is 78.4 Å². The van der Waals surface area contributed by atoms with E-state index < -0.39 is 6.10 Å². The SMILES string of the molecule is COc1ccc(OC)c(-c2ccc(C(=O)N3CCC[C@H](O)C3)c(N3CCN(C)CC3)n2)c1. The van der Waals surface area contributed by atoms with Gasteiger partial charge in [-0.15, -0.1) is 0 Å². The number of hydrogen-bond acceptors (Lipinski definition) is 7. The van der Waals surface area contributed by atoms with E-state index in [1.807, 2.05) is 30.3 Å². The molecule has 1 aromatic heterocycles. The number of piperidine rings is 1. The molecule has 0 radical (unpaired) electrons. The number of rotatable bonds is 5. The molecule has 8 heteroatoms. The van der Waals surface area contributed by atoms with E-state index in [-0.39, 0.29) is 5.91 Å². The van der Waals surface area contributed by atoms with Gasteiger partial charge in [0.1, 0.15) is 17.3 Å². The molecule has 0 bridgehead atoms. The van der Waals surface area contributed by atoms with Gasteiger partial charge in [-0.3, -0.25) is 4.79 Å². The second-order valence-corrected chi connectivity index (χ2v) is 8.47. The van der Waals surface area contributed by atoms with Crippen molar-refractivity contribution in [3.63, 3.8) is 0 Å². The average Bonchev–Trinajstić information content (AvgIpc) is 2.83. The Labute approximate surface area is 189 Å². The summed E-state index contributed by atoms with van der Waals surface area (Å²) in [5.74, 6) is 2.02. The third-order valence-electron chi connectivity index (χ3n) is 6.27. The first-order valence-electron chi connectivity index (χ1n) is 11.1. The van der Waals surface area contributed by atoms with E-state index in [1.54, 1.807) is 19.1 Å². The lowest BCUT2D eigenvalue weighted by Crippen LogP contribution is -2.46. The minimum absolute atomic E-state index is 0.0747. The number of ether oxygens (including phenoxy) is 2. The van der Waals surface area contributed by atoms with Crippen LogP contribution < -0.4 is 14.4 Å². The number of carbonyl (C=O) groups excluding carboxylic acids is 1. The first-order chi connectivity index (χ1) is 15.5. The Bertz CT molecular complexity index is 959. The minimum atomic E-state index is -0.465. The van der Waals surface area contributed by atoms with Gasteiger partial charge in [0.25, 0.3) is 5.91 Å². The van der Waals surface area contributed by atoms with Gasteiger partial charge >= 0.3 is 0 Å². The van der Waals surface area contributed by atoms with Gasteiger partial charge in [0, 0.05) is 44.8 Å². The number of nitrogens with zero attached hydrogens (tertiary/aromatic N) is 4. The van der Waals surface area contributed by atoms with Gasteiger partial charge in [-0.2, -0.15) is 0 Å². The highest BCUT2D eigenvalue weighted by Gasteiger charge is 2.28. The molecule has 2 aromatic rings. The molecule has 32 heavy (non-hydrogen) atoms. The number of hydrogen-bond donors (Lipinski definition) is 1. The Kier molecular flexibility index (Phi) is 6.81. The lowest BCUT2D eigenvalue weighted by Gasteiger charge is -2.35. The largest absolute Gasteiger partial charge is 0.497 e. The van der Waals surface area contributed by atoms with Crippen molar-refractivity contribution in [3.8, 4) is 22.8 Å². The maximum atomic E-state index is 13.4. The van der Waals surface area contributed by atoms with Crippen molar-refractivity contribution < 1.29 is 19.4 Å². The first kappa shape index (κ1) is 22.4. The van der Waals surface area contributed by atoms with Crippen molar-refractivity contribution in [1.82, 2.24) is 14.8 Å². The summed E-state index contributed by atoms with van der Waals surface area (Å²) in [5, 5.41) is 10.1. The number of aromatic nitrogens is 1. The summed E-state index contributed by atoms with van der Waals surface area (Å²) in [6.45, 7) is 4.43. The number of likely N-dealkylation sites (N-methyl/N-ethyl adjacent to an activating group) is 1. The number of aliphatic hydroxyl groups excluding tert-OH is 1. The van der Waals surface area contributed by atoms with E-state index in [0.29, 0.717) is 36.0 Å². The number of likely N-dealkylation sites (tertiary alicyclic amines) is 1. The monoisotopic (exact) mass is 440 g/mol. The molecule has 2 aliphatic heterocycles. The molecule has 2 aliphatic rings. The second kappa shape index (κ2) is 9.75. The smallest absolute Gasteiger partial charge is 0.257 e. The summed E-state index contributed by atoms with van der Waals surface area (Å²) in [5.41, 5.74) is 2.12. The van der Waals surface area contributed by atoms with Crippen LogP contribution in [-0.2, 0) is 0 Å². The maximum absolute atomic E-state index is 13.4. The molecule has 0 spiro atoms. The zero-order valence-corrected chi connectivity index (χ0v) is 19.1. The lowest BCUT2D eigenvalue weighted by molar-refractivity contribution is 0.0474. The van der Waals surface area contributed by atoms with E-state index >= 15 is 0 Å². The van der Waals surface area contributed by atoms with Crippen molar-refractivity contribution in [2.75, 3.05) is 65.4 Å². The van der Waals surface area contributed by atoms with Crippen LogP contribution in [0.5, 0.6) is 11.5 Å². The number of amides is 1. The van der Waals surface area contributed by atoms with Crippen LogP contribution in [0.1, 0.15) is 23.2 Å². The minimum Gasteiger partial charge on any atom is -0.497 e. The molecule has 1 aromatic carbocycles. The molecule has 1 atom stereocenters. The Balaban J connectivity index is 1.75. The molecular weight excluding hydrogens is 408 g/mol. The van der Waals surface area contributed by atoms with Crippen LogP contribution in [0, 0.1) is 0 Å². The fourth-order valence-corrected chi connectivity index (χ4v) is 4.35. The van der Waals surface area contributed by atoms with Crippen LogP contribution >= 0.6 is 0 Å². The maximum Gasteiger partial charge on any atom is 0.257 e.